The maximum absolute atomic E-state index is 11.0. The summed E-state index contributed by atoms with van der Waals surface area (Å²) < 4.78 is 0. The lowest BCUT2D eigenvalue weighted by atomic mass is 10.2. The molecule has 1 amide bonds. The summed E-state index contributed by atoms with van der Waals surface area (Å²) in [6.45, 7) is 0.804. The van der Waals surface area contributed by atoms with Crippen LogP contribution in [0.3, 0.4) is 0 Å². The smallest absolute Gasteiger partial charge is 0.274 e. The van der Waals surface area contributed by atoms with Crippen LogP contribution in [-0.4, -0.2) is 17.7 Å². The number of anilines is 1. The average molecular weight is 205 g/mol. The van der Waals surface area contributed by atoms with Crippen molar-refractivity contribution in [2.45, 2.75) is 0 Å². The summed E-state index contributed by atoms with van der Waals surface area (Å²) in [5.74, 6) is -0.508. The van der Waals surface area contributed by atoms with Crippen molar-refractivity contribution in [1.29, 1.82) is 0 Å². The number of benzene rings is 1. The van der Waals surface area contributed by atoms with Crippen LogP contribution in [-0.2, 0) is 0 Å². The van der Waals surface area contributed by atoms with Crippen LogP contribution in [0.1, 0.15) is 10.4 Å². The zero-order valence-corrected chi connectivity index (χ0v) is 7.97. The highest BCUT2D eigenvalue weighted by Gasteiger charge is 2.08. The molecule has 0 spiro atoms. The first kappa shape index (κ1) is 9.70. The number of nitrogens with one attached hydrogen (secondary N) is 2. The van der Waals surface area contributed by atoms with Crippen molar-refractivity contribution < 1.29 is 10.0 Å². The largest absolute Gasteiger partial charge is 0.288 e. The van der Waals surface area contributed by atoms with Crippen molar-refractivity contribution in [1.82, 2.24) is 10.9 Å². The fourth-order valence-electron chi connectivity index (χ4n) is 1.38. The van der Waals surface area contributed by atoms with Gasteiger partial charge in [0.2, 0.25) is 0 Å². The van der Waals surface area contributed by atoms with E-state index >= 15 is 0 Å². The molecular weight excluding hydrogens is 194 g/mol. The predicted octanol–water partition coefficient (Wildman–Crippen LogP) is 0.644. The fourth-order valence-corrected chi connectivity index (χ4v) is 1.38. The molecule has 1 aromatic carbocycles. The topological polar surface area (TPSA) is 64.6 Å². The number of carbonyl (C=O) groups is 1. The third-order valence-corrected chi connectivity index (χ3v) is 2.14. The number of amides is 1. The van der Waals surface area contributed by atoms with Gasteiger partial charge in [0.05, 0.1) is 5.69 Å². The van der Waals surface area contributed by atoms with Crippen LogP contribution in [0.15, 0.2) is 36.5 Å². The van der Waals surface area contributed by atoms with Gasteiger partial charge >= 0.3 is 0 Å². The highest BCUT2D eigenvalue weighted by Crippen LogP contribution is 2.15. The van der Waals surface area contributed by atoms with Gasteiger partial charge in [0.25, 0.3) is 5.91 Å². The molecule has 1 aliphatic rings. The molecule has 3 N–H and O–H groups in total. The number of rotatable bonds is 2. The maximum Gasteiger partial charge on any atom is 0.274 e. The molecule has 0 saturated carbocycles. The Bertz CT molecular complexity index is 386. The fraction of sp³-hybridized carbons (Fsp3) is 0.100. The van der Waals surface area contributed by atoms with Crippen molar-refractivity contribution in [3.63, 3.8) is 0 Å². The lowest BCUT2D eigenvalue weighted by Gasteiger charge is -2.15. The Morgan fingerprint density at radius 2 is 2.13 bits per heavy atom. The number of carbonyl (C=O) groups excluding carboxylic acids is 1. The van der Waals surface area contributed by atoms with Crippen molar-refractivity contribution in [3.05, 3.63) is 42.1 Å². The molecule has 15 heavy (non-hydrogen) atoms. The Labute approximate surface area is 86.9 Å². The van der Waals surface area contributed by atoms with Gasteiger partial charge in [-0.2, -0.15) is 0 Å². The second-order valence-electron chi connectivity index (χ2n) is 3.10. The number of hydrogen-bond donors (Lipinski definition) is 3. The highest BCUT2D eigenvalue weighted by molar-refractivity contribution is 5.93. The Kier molecular flexibility index (Phi) is 2.66. The van der Waals surface area contributed by atoms with E-state index in [-0.39, 0.29) is 0 Å². The summed E-state index contributed by atoms with van der Waals surface area (Å²) in [6, 6.07) is 6.89. The minimum Gasteiger partial charge on any atom is -0.288 e. The number of hydroxylamine groups is 1. The molecule has 1 heterocycles. The van der Waals surface area contributed by atoms with Gasteiger partial charge in [0, 0.05) is 18.3 Å². The van der Waals surface area contributed by atoms with Gasteiger partial charge in [0.1, 0.15) is 0 Å². The van der Waals surface area contributed by atoms with Gasteiger partial charge in [0.15, 0.2) is 0 Å². The summed E-state index contributed by atoms with van der Waals surface area (Å²) in [5.41, 5.74) is 6.06. The van der Waals surface area contributed by atoms with E-state index in [4.69, 9.17) is 5.21 Å². The van der Waals surface area contributed by atoms with E-state index in [9.17, 15) is 4.79 Å². The van der Waals surface area contributed by atoms with Gasteiger partial charge in [-0.1, -0.05) is 6.08 Å². The SMILES string of the molecule is O=C(NO)c1ccc(N2C=CCN2)cc1. The number of hydrazine groups is 1. The molecule has 0 saturated heterocycles. The van der Waals surface area contributed by atoms with Crippen LogP contribution in [0.25, 0.3) is 0 Å². The Morgan fingerprint density at radius 1 is 1.40 bits per heavy atom. The van der Waals surface area contributed by atoms with Gasteiger partial charge in [-0.3, -0.25) is 15.0 Å². The van der Waals surface area contributed by atoms with Crippen LogP contribution in [0.2, 0.25) is 0 Å². The minimum absolute atomic E-state index is 0.421. The normalized spacial score (nSPS) is 14.3. The molecular formula is C10H11N3O2. The van der Waals surface area contributed by atoms with E-state index < -0.39 is 5.91 Å². The van der Waals surface area contributed by atoms with Crippen LogP contribution in [0.5, 0.6) is 0 Å². The molecule has 0 bridgehead atoms. The quantitative estimate of drug-likeness (QED) is 0.490. The van der Waals surface area contributed by atoms with Crippen molar-refractivity contribution >= 4 is 11.6 Å². The zero-order chi connectivity index (χ0) is 10.7. The monoisotopic (exact) mass is 205 g/mol. The molecule has 2 rings (SSSR count). The van der Waals surface area contributed by atoms with Gasteiger partial charge < -0.3 is 0 Å². The van der Waals surface area contributed by atoms with E-state index in [2.05, 4.69) is 5.43 Å². The second kappa shape index (κ2) is 4.12. The molecule has 0 aliphatic carbocycles. The summed E-state index contributed by atoms with van der Waals surface area (Å²) >= 11 is 0. The molecule has 5 heteroatoms. The Morgan fingerprint density at radius 3 is 2.67 bits per heavy atom. The summed E-state index contributed by atoms with van der Waals surface area (Å²) in [6.07, 6.45) is 3.91. The molecule has 0 atom stereocenters. The maximum atomic E-state index is 11.0. The van der Waals surface area contributed by atoms with E-state index in [1.807, 2.05) is 17.3 Å². The summed E-state index contributed by atoms with van der Waals surface area (Å²) in [4.78, 5) is 11.0. The molecule has 0 aromatic heterocycles. The molecule has 78 valence electrons. The standard InChI is InChI=1S/C10H11N3O2/c14-10(12-15)8-2-4-9(5-3-8)13-7-1-6-11-13/h1-5,7,11,15H,6H2,(H,12,14). The van der Waals surface area contributed by atoms with E-state index in [0.29, 0.717) is 5.56 Å². The second-order valence-corrected chi connectivity index (χ2v) is 3.10. The van der Waals surface area contributed by atoms with E-state index in [1.165, 1.54) is 0 Å². The Hall–Kier alpha value is -1.85. The molecule has 1 aromatic rings. The van der Waals surface area contributed by atoms with Crippen LogP contribution < -0.4 is 15.9 Å². The van der Waals surface area contributed by atoms with Crippen LogP contribution >= 0.6 is 0 Å². The molecule has 1 aliphatic heterocycles. The van der Waals surface area contributed by atoms with Gasteiger partial charge in [-0.25, -0.2) is 10.9 Å². The molecule has 0 unspecified atom stereocenters. The van der Waals surface area contributed by atoms with Gasteiger partial charge in [-0.05, 0) is 24.3 Å². The van der Waals surface area contributed by atoms with Crippen molar-refractivity contribution in [3.8, 4) is 0 Å². The first-order valence-electron chi connectivity index (χ1n) is 4.55. The highest BCUT2D eigenvalue weighted by atomic mass is 16.5. The first-order valence-corrected chi connectivity index (χ1v) is 4.55. The summed E-state index contributed by atoms with van der Waals surface area (Å²) in [7, 11) is 0. The molecule has 0 fully saturated rings. The van der Waals surface area contributed by atoms with Crippen molar-refractivity contribution in [2.24, 2.45) is 0 Å². The number of hydrogen-bond acceptors (Lipinski definition) is 4. The third kappa shape index (κ3) is 1.98. The van der Waals surface area contributed by atoms with Gasteiger partial charge in [-0.15, -0.1) is 0 Å². The van der Waals surface area contributed by atoms with E-state index in [0.717, 1.165) is 12.2 Å². The Balaban J connectivity index is 2.16. The third-order valence-electron chi connectivity index (χ3n) is 2.14. The predicted molar refractivity (Wildman–Crippen MR) is 55.3 cm³/mol. The lowest BCUT2D eigenvalue weighted by Crippen LogP contribution is -2.28. The first-order chi connectivity index (χ1) is 7.31. The lowest BCUT2D eigenvalue weighted by molar-refractivity contribution is 0.0706. The molecule has 0 radical (unpaired) electrons. The van der Waals surface area contributed by atoms with Crippen LogP contribution in [0.4, 0.5) is 5.69 Å². The van der Waals surface area contributed by atoms with E-state index in [1.54, 1.807) is 29.7 Å². The summed E-state index contributed by atoms with van der Waals surface area (Å²) in [5, 5.41) is 10.3. The number of nitrogens with zero attached hydrogens (tertiary/aromatic N) is 1. The van der Waals surface area contributed by atoms with Crippen molar-refractivity contribution in [2.75, 3.05) is 11.6 Å². The zero-order valence-electron chi connectivity index (χ0n) is 7.97. The van der Waals surface area contributed by atoms with Crippen LogP contribution in [0, 0.1) is 0 Å². The molecule has 5 nitrogen and oxygen atoms in total. The minimum atomic E-state index is -0.508. The average Bonchev–Trinajstić information content (AvgIpc) is 2.82.